The van der Waals surface area contributed by atoms with E-state index in [1.165, 1.54) is 10.4 Å². The molecule has 1 aromatic carbocycles. The largest absolute Gasteiger partial charge is 0.360 e. The van der Waals surface area contributed by atoms with Gasteiger partial charge in [0.25, 0.3) is 0 Å². The molecule has 1 aliphatic rings. The lowest BCUT2D eigenvalue weighted by atomic mass is 10.1. The molecule has 4 aromatic rings. The summed E-state index contributed by atoms with van der Waals surface area (Å²) in [6, 6.07) is 15.6. The maximum absolute atomic E-state index is 12.6. The van der Waals surface area contributed by atoms with Gasteiger partial charge in [0.2, 0.25) is 5.91 Å². The molecule has 0 bridgehead atoms. The second kappa shape index (κ2) is 7.05. The van der Waals surface area contributed by atoms with Crippen LogP contribution in [0.1, 0.15) is 10.4 Å². The molecular formula is C20H18N6OS. The Morgan fingerprint density at radius 1 is 1.11 bits per heavy atom. The zero-order valence-corrected chi connectivity index (χ0v) is 15.9. The molecule has 0 fully saturated rings. The van der Waals surface area contributed by atoms with Crippen molar-refractivity contribution in [2.45, 2.75) is 13.0 Å². The highest BCUT2D eigenvalue weighted by Gasteiger charge is 2.21. The van der Waals surface area contributed by atoms with Crippen LogP contribution in [0.25, 0.3) is 17.0 Å². The third-order valence-corrected chi connectivity index (χ3v) is 5.90. The maximum atomic E-state index is 12.6. The summed E-state index contributed by atoms with van der Waals surface area (Å²) < 4.78 is 1.70. The van der Waals surface area contributed by atoms with E-state index in [0.29, 0.717) is 23.8 Å². The summed E-state index contributed by atoms with van der Waals surface area (Å²) in [6.45, 7) is 1.67. The molecule has 1 amide bonds. The van der Waals surface area contributed by atoms with Crippen molar-refractivity contribution in [1.82, 2.24) is 24.7 Å². The van der Waals surface area contributed by atoms with Gasteiger partial charge in [0.1, 0.15) is 5.82 Å². The number of anilines is 1. The fraction of sp³-hybridized carbons (Fsp3) is 0.200. The van der Waals surface area contributed by atoms with Crippen molar-refractivity contribution in [3.63, 3.8) is 0 Å². The van der Waals surface area contributed by atoms with E-state index in [9.17, 15) is 4.79 Å². The van der Waals surface area contributed by atoms with E-state index in [1.807, 2.05) is 47.4 Å². The lowest BCUT2D eigenvalue weighted by Crippen LogP contribution is -2.38. The third kappa shape index (κ3) is 3.11. The van der Waals surface area contributed by atoms with Gasteiger partial charge in [-0.1, -0.05) is 30.3 Å². The van der Waals surface area contributed by atoms with Crippen LogP contribution in [0, 0.1) is 0 Å². The summed E-state index contributed by atoms with van der Waals surface area (Å²) in [6.07, 6.45) is 0.935. The highest BCUT2D eigenvalue weighted by atomic mass is 32.1. The lowest BCUT2D eigenvalue weighted by Gasteiger charge is -2.27. The molecular weight excluding hydrogens is 372 g/mol. The number of amides is 1. The number of thiophene rings is 1. The molecule has 8 heteroatoms. The highest BCUT2D eigenvalue weighted by molar-refractivity contribution is 7.10. The molecule has 0 spiro atoms. The van der Waals surface area contributed by atoms with Crippen molar-refractivity contribution >= 4 is 28.7 Å². The summed E-state index contributed by atoms with van der Waals surface area (Å²) in [5, 5.41) is 18.2. The zero-order chi connectivity index (χ0) is 18.9. The quantitative estimate of drug-likeness (QED) is 0.580. The van der Waals surface area contributed by atoms with Crippen LogP contribution in [0.15, 0.2) is 53.9 Å². The normalized spacial score (nSPS) is 13.5. The average Bonchev–Trinajstić information content (AvgIpc) is 3.38. The summed E-state index contributed by atoms with van der Waals surface area (Å²) in [7, 11) is 0. The number of hydrogen-bond donors (Lipinski definition) is 1. The Labute approximate surface area is 165 Å². The number of nitrogens with zero attached hydrogens (tertiary/aromatic N) is 5. The molecule has 0 saturated carbocycles. The van der Waals surface area contributed by atoms with E-state index in [1.54, 1.807) is 15.9 Å². The van der Waals surface area contributed by atoms with E-state index in [0.717, 1.165) is 18.5 Å². The minimum Gasteiger partial charge on any atom is -0.360 e. The zero-order valence-electron chi connectivity index (χ0n) is 15.1. The van der Waals surface area contributed by atoms with Crippen LogP contribution in [-0.2, 0) is 17.8 Å². The predicted molar refractivity (Wildman–Crippen MR) is 108 cm³/mol. The SMILES string of the molecule is O=C(CNc1ccc2nnc(-c3ccccc3)n2n1)N1CCc2sccc2C1. The molecule has 5 rings (SSSR count). The van der Waals surface area contributed by atoms with Crippen LogP contribution in [0.4, 0.5) is 5.82 Å². The molecule has 7 nitrogen and oxygen atoms in total. The van der Waals surface area contributed by atoms with Gasteiger partial charge in [0, 0.05) is 23.5 Å². The second-order valence-electron chi connectivity index (χ2n) is 6.67. The molecule has 28 heavy (non-hydrogen) atoms. The van der Waals surface area contributed by atoms with Gasteiger partial charge in [-0.3, -0.25) is 4.79 Å². The average molecular weight is 390 g/mol. The molecule has 3 aromatic heterocycles. The Morgan fingerprint density at radius 3 is 2.89 bits per heavy atom. The van der Waals surface area contributed by atoms with E-state index in [2.05, 4.69) is 32.1 Å². The first-order valence-corrected chi connectivity index (χ1v) is 10.0. The van der Waals surface area contributed by atoms with Crippen LogP contribution < -0.4 is 5.32 Å². The van der Waals surface area contributed by atoms with Crippen molar-refractivity contribution in [3.8, 4) is 11.4 Å². The van der Waals surface area contributed by atoms with Crippen molar-refractivity contribution in [1.29, 1.82) is 0 Å². The van der Waals surface area contributed by atoms with E-state index in [4.69, 9.17) is 0 Å². The molecule has 140 valence electrons. The minimum atomic E-state index is 0.0748. The van der Waals surface area contributed by atoms with Gasteiger partial charge in [-0.15, -0.1) is 26.6 Å². The van der Waals surface area contributed by atoms with Gasteiger partial charge >= 0.3 is 0 Å². The van der Waals surface area contributed by atoms with Gasteiger partial charge < -0.3 is 10.2 Å². The predicted octanol–water partition coefficient (Wildman–Crippen LogP) is 2.85. The third-order valence-electron chi connectivity index (χ3n) is 4.88. The number of aromatic nitrogens is 4. The van der Waals surface area contributed by atoms with Crippen molar-refractivity contribution < 1.29 is 4.79 Å². The molecule has 1 N–H and O–H groups in total. The molecule has 0 atom stereocenters. The Morgan fingerprint density at radius 2 is 2.00 bits per heavy atom. The van der Waals surface area contributed by atoms with Crippen LogP contribution in [-0.4, -0.2) is 43.7 Å². The smallest absolute Gasteiger partial charge is 0.242 e. The topological polar surface area (TPSA) is 75.4 Å². The molecule has 1 aliphatic heterocycles. The van der Waals surface area contributed by atoms with Gasteiger partial charge in [-0.05, 0) is 35.6 Å². The first kappa shape index (κ1) is 16.9. The van der Waals surface area contributed by atoms with Crippen molar-refractivity contribution in [3.05, 3.63) is 64.4 Å². The number of fused-ring (bicyclic) bond motifs is 2. The second-order valence-corrected chi connectivity index (χ2v) is 7.67. The Bertz CT molecular complexity index is 1140. The Balaban J connectivity index is 1.31. The summed E-state index contributed by atoms with van der Waals surface area (Å²) in [4.78, 5) is 15.9. The molecule has 0 unspecified atom stereocenters. The molecule has 0 radical (unpaired) electrons. The number of carbonyl (C=O) groups is 1. The van der Waals surface area contributed by atoms with Crippen LogP contribution >= 0.6 is 11.3 Å². The maximum Gasteiger partial charge on any atom is 0.242 e. The minimum absolute atomic E-state index is 0.0748. The van der Waals surface area contributed by atoms with E-state index >= 15 is 0 Å². The molecule has 4 heterocycles. The van der Waals surface area contributed by atoms with Gasteiger partial charge in [-0.25, -0.2) is 0 Å². The molecule has 0 aliphatic carbocycles. The first-order chi connectivity index (χ1) is 13.8. The van der Waals surface area contributed by atoms with Crippen molar-refractivity contribution in [2.24, 2.45) is 0 Å². The molecule has 0 saturated heterocycles. The fourth-order valence-corrected chi connectivity index (χ4v) is 4.28. The first-order valence-electron chi connectivity index (χ1n) is 9.13. The number of carbonyl (C=O) groups excluding carboxylic acids is 1. The van der Waals surface area contributed by atoms with Gasteiger partial charge in [0.05, 0.1) is 6.54 Å². The number of nitrogens with one attached hydrogen (secondary N) is 1. The van der Waals surface area contributed by atoms with Crippen LogP contribution in [0.3, 0.4) is 0 Å². The Kier molecular flexibility index (Phi) is 4.25. The summed E-state index contributed by atoms with van der Waals surface area (Å²) in [5.74, 6) is 1.36. The van der Waals surface area contributed by atoms with Crippen LogP contribution in [0.2, 0.25) is 0 Å². The number of rotatable bonds is 4. The highest BCUT2D eigenvalue weighted by Crippen LogP contribution is 2.24. The van der Waals surface area contributed by atoms with Crippen LogP contribution in [0.5, 0.6) is 0 Å². The number of benzene rings is 1. The standard InChI is InChI=1S/C20H18N6OS/c27-19(25-10-8-16-15(13-25)9-11-28-16)12-21-17-6-7-18-22-23-20(26(18)24-17)14-4-2-1-3-5-14/h1-7,9,11H,8,10,12-13H2,(H,21,24). The summed E-state index contributed by atoms with van der Waals surface area (Å²) in [5.41, 5.74) is 2.87. The Hall–Kier alpha value is -3.26. The summed E-state index contributed by atoms with van der Waals surface area (Å²) >= 11 is 1.77. The van der Waals surface area contributed by atoms with E-state index < -0.39 is 0 Å². The fourth-order valence-electron chi connectivity index (χ4n) is 3.39. The van der Waals surface area contributed by atoms with Gasteiger partial charge in [0.15, 0.2) is 11.5 Å². The van der Waals surface area contributed by atoms with E-state index in [-0.39, 0.29) is 12.5 Å². The number of hydrogen-bond acceptors (Lipinski definition) is 6. The lowest BCUT2D eigenvalue weighted by molar-refractivity contribution is -0.130. The van der Waals surface area contributed by atoms with Gasteiger partial charge in [-0.2, -0.15) is 4.52 Å². The van der Waals surface area contributed by atoms with Crippen molar-refractivity contribution in [2.75, 3.05) is 18.4 Å². The monoisotopic (exact) mass is 390 g/mol.